The Morgan fingerprint density at radius 3 is 2.38 bits per heavy atom. The zero-order chi connectivity index (χ0) is 9.14. The smallest absolute Gasteiger partial charge is 0.190 e. The minimum absolute atomic E-state index is 0. The van der Waals surface area contributed by atoms with Crippen LogP contribution >= 0.6 is 12.4 Å². The maximum Gasteiger partial charge on any atom is 0.190 e. The maximum atomic E-state index is 9.01. The number of rotatable bonds is 1. The van der Waals surface area contributed by atoms with Crippen LogP contribution in [0.1, 0.15) is 0 Å². The predicted molar refractivity (Wildman–Crippen MR) is 52.6 cm³/mol. The molecule has 0 spiro atoms. The van der Waals surface area contributed by atoms with Crippen molar-refractivity contribution in [2.75, 3.05) is 5.32 Å². The van der Waals surface area contributed by atoms with E-state index in [9.17, 15) is 0 Å². The molecule has 0 aromatic heterocycles. The number of phenolic OH excluding ortho intramolecular Hbond substituents is 2. The highest BCUT2D eigenvalue weighted by Crippen LogP contribution is 2.26. The van der Waals surface area contributed by atoms with Gasteiger partial charge in [0.05, 0.1) is 0 Å². The molecular formula is C7H10ClN3O2. The average Bonchev–Trinajstić information content (AvgIpc) is 1.96. The van der Waals surface area contributed by atoms with Crippen LogP contribution in [0.2, 0.25) is 0 Å². The van der Waals surface area contributed by atoms with Crippen LogP contribution in [0.3, 0.4) is 0 Å². The molecule has 0 aliphatic heterocycles. The van der Waals surface area contributed by atoms with Crippen LogP contribution in [0.25, 0.3) is 0 Å². The first-order chi connectivity index (χ1) is 5.59. The Kier molecular flexibility index (Phi) is 3.87. The van der Waals surface area contributed by atoms with Crippen molar-refractivity contribution >= 4 is 24.1 Å². The Bertz CT molecular complexity index is 317. The Morgan fingerprint density at radius 1 is 1.31 bits per heavy atom. The third-order valence-corrected chi connectivity index (χ3v) is 1.25. The summed E-state index contributed by atoms with van der Waals surface area (Å²) in [6, 6.07) is 4.08. The second kappa shape index (κ2) is 4.42. The van der Waals surface area contributed by atoms with E-state index in [0.717, 1.165) is 0 Å². The molecule has 6 N–H and O–H groups in total. The lowest BCUT2D eigenvalue weighted by Crippen LogP contribution is -2.20. The number of halogens is 1. The molecule has 0 aliphatic rings. The summed E-state index contributed by atoms with van der Waals surface area (Å²) in [5.74, 6) is -0.676. The van der Waals surface area contributed by atoms with Gasteiger partial charge >= 0.3 is 0 Å². The van der Waals surface area contributed by atoms with E-state index in [1.807, 2.05) is 0 Å². The molecule has 0 saturated heterocycles. The monoisotopic (exact) mass is 203 g/mol. The largest absolute Gasteiger partial charge is 0.504 e. The molecule has 0 heterocycles. The van der Waals surface area contributed by atoms with Gasteiger partial charge < -0.3 is 21.3 Å². The van der Waals surface area contributed by atoms with Crippen LogP contribution < -0.4 is 11.1 Å². The third kappa shape index (κ3) is 3.08. The number of benzene rings is 1. The molecule has 0 aliphatic carbocycles. The topological polar surface area (TPSA) is 102 Å². The molecule has 0 amide bonds. The number of nitrogens with two attached hydrogens (primary N) is 1. The van der Waals surface area contributed by atoms with Crippen molar-refractivity contribution in [1.29, 1.82) is 5.41 Å². The Hall–Kier alpha value is -1.62. The third-order valence-electron chi connectivity index (χ3n) is 1.25. The van der Waals surface area contributed by atoms with Gasteiger partial charge in [0.25, 0.3) is 0 Å². The molecule has 13 heavy (non-hydrogen) atoms. The highest BCUT2D eigenvalue weighted by atomic mass is 35.5. The van der Waals surface area contributed by atoms with E-state index < -0.39 is 0 Å². The van der Waals surface area contributed by atoms with E-state index >= 15 is 0 Å². The van der Waals surface area contributed by atoms with Gasteiger partial charge in [-0.05, 0) is 12.1 Å². The molecule has 6 heteroatoms. The lowest BCUT2D eigenvalue weighted by Gasteiger charge is -2.04. The van der Waals surface area contributed by atoms with E-state index in [0.29, 0.717) is 5.69 Å². The summed E-state index contributed by atoms with van der Waals surface area (Å²) in [7, 11) is 0. The molecule has 0 bridgehead atoms. The van der Waals surface area contributed by atoms with Crippen LogP contribution in [0.5, 0.6) is 11.5 Å². The van der Waals surface area contributed by atoms with E-state index in [1.165, 1.54) is 18.2 Å². The Labute approximate surface area is 81.1 Å². The van der Waals surface area contributed by atoms with Gasteiger partial charge in [-0.3, -0.25) is 5.41 Å². The second-order valence-electron chi connectivity index (χ2n) is 2.24. The highest BCUT2D eigenvalue weighted by molar-refractivity contribution is 5.90. The lowest BCUT2D eigenvalue weighted by molar-refractivity contribution is 0.404. The van der Waals surface area contributed by atoms with Gasteiger partial charge in [0, 0.05) is 11.8 Å². The number of hydrogen-bond acceptors (Lipinski definition) is 3. The number of guanidine groups is 1. The standard InChI is InChI=1S/C7H9N3O2.ClH/c8-7(9)10-4-1-2-5(11)6(12)3-4;/h1-3,11-12H,(H4,8,9,10);1H. The molecule has 72 valence electrons. The first-order valence-corrected chi connectivity index (χ1v) is 3.22. The molecule has 0 fully saturated rings. The highest BCUT2D eigenvalue weighted by Gasteiger charge is 1.99. The summed E-state index contributed by atoms with van der Waals surface area (Å²) in [5, 5.41) is 27.3. The zero-order valence-corrected chi connectivity index (χ0v) is 7.43. The molecule has 5 nitrogen and oxygen atoms in total. The number of nitrogens with one attached hydrogen (secondary N) is 2. The van der Waals surface area contributed by atoms with Crippen molar-refractivity contribution in [3.05, 3.63) is 18.2 Å². The van der Waals surface area contributed by atoms with E-state index in [2.05, 4.69) is 5.32 Å². The van der Waals surface area contributed by atoms with E-state index in [4.69, 9.17) is 21.4 Å². The number of aromatic hydroxyl groups is 2. The first-order valence-electron chi connectivity index (χ1n) is 3.22. The minimum Gasteiger partial charge on any atom is -0.504 e. The van der Waals surface area contributed by atoms with Gasteiger partial charge in [-0.25, -0.2) is 0 Å². The fourth-order valence-electron chi connectivity index (χ4n) is 0.757. The number of hydrogen-bond donors (Lipinski definition) is 5. The van der Waals surface area contributed by atoms with Crippen LogP contribution in [0, 0.1) is 5.41 Å². The fraction of sp³-hybridized carbons (Fsp3) is 0. The maximum absolute atomic E-state index is 9.01. The average molecular weight is 204 g/mol. The quantitative estimate of drug-likeness (QED) is 0.202. The number of anilines is 1. The van der Waals surface area contributed by atoms with Gasteiger partial charge in [0.2, 0.25) is 0 Å². The van der Waals surface area contributed by atoms with Crippen molar-refractivity contribution in [3.8, 4) is 11.5 Å². The molecule has 1 aromatic rings. The van der Waals surface area contributed by atoms with Crippen LogP contribution in [-0.4, -0.2) is 16.2 Å². The van der Waals surface area contributed by atoms with Crippen molar-refractivity contribution in [3.63, 3.8) is 0 Å². The van der Waals surface area contributed by atoms with Crippen LogP contribution in [0.4, 0.5) is 5.69 Å². The zero-order valence-electron chi connectivity index (χ0n) is 6.61. The van der Waals surface area contributed by atoms with Crippen molar-refractivity contribution in [2.24, 2.45) is 5.73 Å². The summed E-state index contributed by atoms with van der Waals surface area (Å²) in [5.41, 5.74) is 5.50. The van der Waals surface area contributed by atoms with Crippen molar-refractivity contribution in [2.45, 2.75) is 0 Å². The molecule has 1 aromatic carbocycles. The summed E-state index contributed by atoms with van der Waals surface area (Å²) in [4.78, 5) is 0. The molecule has 0 atom stereocenters. The van der Waals surface area contributed by atoms with Gasteiger partial charge in [-0.1, -0.05) is 0 Å². The molecule has 0 radical (unpaired) electrons. The second-order valence-corrected chi connectivity index (χ2v) is 2.24. The summed E-state index contributed by atoms with van der Waals surface area (Å²) >= 11 is 0. The first kappa shape index (κ1) is 11.4. The molecular weight excluding hydrogens is 194 g/mol. The van der Waals surface area contributed by atoms with Gasteiger partial charge in [0.1, 0.15) is 0 Å². The predicted octanol–water partition coefficient (Wildman–Crippen LogP) is 0.825. The SMILES string of the molecule is Cl.N=C(N)Nc1ccc(O)c(O)c1. The van der Waals surface area contributed by atoms with Gasteiger partial charge in [-0.15, -0.1) is 12.4 Å². The van der Waals surface area contributed by atoms with Crippen molar-refractivity contribution in [1.82, 2.24) is 0 Å². The molecule has 1 rings (SSSR count). The fourth-order valence-corrected chi connectivity index (χ4v) is 0.757. The summed E-state index contributed by atoms with van der Waals surface area (Å²) in [6.07, 6.45) is 0. The summed E-state index contributed by atoms with van der Waals surface area (Å²) in [6.45, 7) is 0. The van der Waals surface area contributed by atoms with E-state index in [-0.39, 0.29) is 29.9 Å². The lowest BCUT2D eigenvalue weighted by atomic mass is 10.3. The normalized spacial score (nSPS) is 8.62. The minimum atomic E-state index is -0.249. The van der Waals surface area contributed by atoms with Crippen molar-refractivity contribution < 1.29 is 10.2 Å². The van der Waals surface area contributed by atoms with Crippen LogP contribution in [0.15, 0.2) is 18.2 Å². The van der Waals surface area contributed by atoms with Gasteiger partial charge in [0.15, 0.2) is 17.5 Å². The Morgan fingerprint density at radius 2 is 1.92 bits per heavy atom. The molecule has 0 saturated carbocycles. The Balaban J connectivity index is 0.00000144. The molecule has 0 unspecified atom stereocenters. The summed E-state index contributed by atoms with van der Waals surface area (Å²) < 4.78 is 0. The number of phenols is 2. The van der Waals surface area contributed by atoms with E-state index in [1.54, 1.807) is 0 Å². The van der Waals surface area contributed by atoms with Gasteiger partial charge in [-0.2, -0.15) is 0 Å². The van der Waals surface area contributed by atoms with Crippen LogP contribution in [-0.2, 0) is 0 Å².